The van der Waals surface area contributed by atoms with Crippen molar-refractivity contribution in [3.63, 3.8) is 0 Å². The van der Waals surface area contributed by atoms with E-state index in [1.807, 2.05) is 6.07 Å². The number of benzene rings is 1. The van der Waals surface area contributed by atoms with E-state index in [2.05, 4.69) is 48.4 Å². The van der Waals surface area contributed by atoms with E-state index in [0.717, 1.165) is 5.56 Å². The van der Waals surface area contributed by atoms with E-state index in [4.69, 9.17) is 25.5 Å². The molecule has 0 bridgehead atoms. The van der Waals surface area contributed by atoms with Crippen molar-refractivity contribution in [2.24, 2.45) is 0 Å². The van der Waals surface area contributed by atoms with Crippen LogP contribution in [0.25, 0.3) is 0 Å². The largest absolute Gasteiger partial charge is 0.340 e. The highest BCUT2D eigenvalue weighted by Crippen LogP contribution is 2.33. The second-order valence-electron chi connectivity index (χ2n) is 7.74. The Morgan fingerprint density at radius 1 is 0.733 bits per heavy atom. The average Bonchev–Trinajstić information content (AvgIpc) is 2.77. The van der Waals surface area contributed by atoms with Crippen LogP contribution in [0, 0.1) is 0 Å². The second kappa shape index (κ2) is 13.9. The highest BCUT2D eigenvalue weighted by atomic mass is 17.3. The third-order valence-corrected chi connectivity index (χ3v) is 5.23. The zero-order valence-electron chi connectivity index (χ0n) is 19.6. The fourth-order valence-corrected chi connectivity index (χ4v) is 2.94. The molecule has 30 heavy (non-hydrogen) atoms. The molecule has 0 aromatic heterocycles. The Morgan fingerprint density at radius 3 is 1.43 bits per heavy atom. The summed E-state index contributed by atoms with van der Waals surface area (Å²) in [5, 5.41) is 26.3. The van der Waals surface area contributed by atoms with Crippen molar-refractivity contribution in [1.82, 2.24) is 0 Å². The maximum atomic E-state index is 8.78. The fraction of sp³-hybridized carbons (Fsp3) is 0.727. The Hall–Kier alpha value is -1.26. The lowest BCUT2D eigenvalue weighted by atomic mass is 9.90. The third kappa shape index (κ3) is 7.77. The topological polar surface area (TPSA) is 107 Å². The van der Waals surface area contributed by atoms with Gasteiger partial charge in [0.15, 0.2) is 5.75 Å². The summed E-state index contributed by atoms with van der Waals surface area (Å²) in [6, 6.07) is 5.79. The van der Waals surface area contributed by atoms with Crippen molar-refractivity contribution in [3.05, 3.63) is 29.3 Å². The molecule has 0 saturated heterocycles. The average molecular weight is 433 g/mol. The second-order valence-corrected chi connectivity index (χ2v) is 7.74. The summed E-state index contributed by atoms with van der Waals surface area (Å²) < 4.78 is 0. The first kappa shape index (κ1) is 28.7. The van der Waals surface area contributed by atoms with Gasteiger partial charge < -0.3 is 4.89 Å². The van der Waals surface area contributed by atoms with Crippen LogP contribution in [0.15, 0.2) is 18.2 Å². The van der Waals surface area contributed by atoms with E-state index in [1.54, 1.807) is 33.8 Å². The van der Waals surface area contributed by atoms with E-state index < -0.39 is 11.6 Å². The highest BCUT2D eigenvalue weighted by molar-refractivity contribution is 5.43. The summed E-state index contributed by atoms with van der Waals surface area (Å²) in [6.45, 7) is 15.6. The van der Waals surface area contributed by atoms with Gasteiger partial charge in [0.05, 0.1) is 0 Å². The molecule has 0 fully saturated rings. The van der Waals surface area contributed by atoms with Gasteiger partial charge in [-0.25, -0.2) is 25.5 Å². The summed E-state index contributed by atoms with van der Waals surface area (Å²) in [6.07, 6.45) is 1.59. The minimum atomic E-state index is -1.23. The fourth-order valence-electron chi connectivity index (χ4n) is 2.94. The summed E-state index contributed by atoms with van der Waals surface area (Å²) in [5.41, 5.74) is 2.34. The van der Waals surface area contributed by atoms with Gasteiger partial charge in [0.25, 0.3) is 0 Å². The summed E-state index contributed by atoms with van der Waals surface area (Å²) in [7, 11) is 0. The van der Waals surface area contributed by atoms with Crippen molar-refractivity contribution in [1.29, 1.82) is 0 Å². The van der Waals surface area contributed by atoms with Crippen LogP contribution in [0.1, 0.15) is 104 Å². The smallest absolute Gasteiger partial charge is 0.233 e. The summed E-state index contributed by atoms with van der Waals surface area (Å²) in [4.78, 5) is 23.1. The van der Waals surface area contributed by atoms with Gasteiger partial charge in [0, 0.05) is 31.2 Å². The molecule has 8 heteroatoms. The first-order chi connectivity index (χ1) is 14.1. The van der Waals surface area contributed by atoms with E-state index >= 15 is 0 Å². The van der Waals surface area contributed by atoms with Crippen LogP contribution >= 0.6 is 0 Å². The Bertz CT molecular complexity index is 544. The molecule has 0 radical (unpaired) electrons. The predicted molar refractivity (Wildman–Crippen MR) is 114 cm³/mol. The molecule has 0 aliphatic carbocycles. The first-order valence-electron chi connectivity index (χ1n) is 10.6. The zero-order valence-corrected chi connectivity index (χ0v) is 19.6. The standard InChI is InChI=1S/C12H18O2.C10H22O6/c1-8(2)10-6-5-7-11(14-13)12(10)9(3)4;1-5-9(6-2,13-11)15-16-10(7-3,8-4)14-12/h5-9,13H,1-4H3;11-12H,5-8H2,1-4H3. The molecule has 1 aromatic rings. The molecule has 8 nitrogen and oxygen atoms in total. The monoisotopic (exact) mass is 432 g/mol. The molecule has 0 atom stereocenters. The molecule has 1 aromatic carbocycles. The normalized spacial score (nSPS) is 12.2. The predicted octanol–water partition coefficient (Wildman–Crippen LogP) is 6.73. The molecular formula is C22H40O8. The number of hydrogen-bond donors (Lipinski definition) is 3. The molecule has 0 amide bonds. The Kier molecular flexibility index (Phi) is 13.3. The maximum absolute atomic E-state index is 8.78. The van der Waals surface area contributed by atoms with Gasteiger partial charge in [0.2, 0.25) is 11.6 Å². The first-order valence-corrected chi connectivity index (χ1v) is 10.6. The molecule has 0 spiro atoms. The Balaban J connectivity index is 0.000000564. The van der Waals surface area contributed by atoms with E-state index in [0.29, 0.717) is 43.3 Å². The molecule has 3 N–H and O–H groups in total. The van der Waals surface area contributed by atoms with Gasteiger partial charge in [-0.2, -0.15) is 9.78 Å². The lowest BCUT2D eigenvalue weighted by Gasteiger charge is -2.32. The van der Waals surface area contributed by atoms with E-state index in [1.165, 1.54) is 5.56 Å². The van der Waals surface area contributed by atoms with E-state index in [9.17, 15) is 0 Å². The summed E-state index contributed by atoms with van der Waals surface area (Å²) >= 11 is 0. The molecule has 0 saturated carbocycles. The molecule has 0 heterocycles. The van der Waals surface area contributed by atoms with Crippen LogP contribution < -0.4 is 4.89 Å². The van der Waals surface area contributed by atoms with Gasteiger partial charge >= 0.3 is 0 Å². The van der Waals surface area contributed by atoms with Crippen LogP contribution in [0.5, 0.6) is 5.75 Å². The SMILES string of the molecule is CC(C)c1cccc(OO)c1C(C)C.CCC(CC)(OO)OOC(CC)(CC)OO. The molecular weight excluding hydrogens is 392 g/mol. The van der Waals surface area contributed by atoms with Gasteiger partial charge in [-0.1, -0.05) is 67.5 Å². The van der Waals surface area contributed by atoms with Crippen LogP contribution in [0.2, 0.25) is 0 Å². The molecule has 0 aliphatic heterocycles. The van der Waals surface area contributed by atoms with Crippen molar-refractivity contribution < 1.29 is 40.2 Å². The number of rotatable bonds is 12. The third-order valence-electron chi connectivity index (χ3n) is 5.23. The van der Waals surface area contributed by atoms with Crippen LogP contribution in [0.3, 0.4) is 0 Å². The zero-order chi connectivity index (χ0) is 23.4. The quantitative estimate of drug-likeness (QED) is 0.189. The van der Waals surface area contributed by atoms with Gasteiger partial charge in [-0.15, -0.1) is 0 Å². The maximum Gasteiger partial charge on any atom is 0.233 e. The molecule has 1 rings (SSSR count). The van der Waals surface area contributed by atoms with Crippen molar-refractivity contribution in [2.45, 2.75) is 104 Å². The lowest BCUT2D eigenvalue weighted by Crippen LogP contribution is -2.41. The van der Waals surface area contributed by atoms with Gasteiger partial charge in [0.1, 0.15) is 0 Å². The van der Waals surface area contributed by atoms with Crippen LogP contribution in [-0.2, 0) is 19.6 Å². The molecule has 176 valence electrons. The summed E-state index contributed by atoms with van der Waals surface area (Å²) in [5.74, 6) is -1.08. The van der Waals surface area contributed by atoms with Crippen LogP contribution in [-0.4, -0.2) is 27.3 Å². The van der Waals surface area contributed by atoms with Gasteiger partial charge in [-0.05, 0) is 23.5 Å². The van der Waals surface area contributed by atoms with Crippen molar-refractivity contribution in [3.8, 4) is 5.75 Å². The van der Waals surface area contributed by atoms with Gasteiger partial charge in [-0.3, -0.25) is 0 Å². The van der Waals surface area contributed by atoms with Crippen LogP contribution in [0.4, 0.5) is 0 Å². The number of hydrogen-bond acceptors (Lipinski definition) is 8. The molecule has 0 unspecified atom stereocenters. The molecule has 0 aliphatic rings. The van der Waals surface area contributed by atoms with Crippen molar-refractivity contribution in [2.75, 3.05) is 0 Å². The minimum Gasteiger partial charge on any atom is -0.340 e. The minimum absolute atomic E-state index is 0.357. The lowest BCUT2D eigenvalue weighted by molar-refractivity contribution is -0.573. The van der Waals surface area contributed by atoms with E-state index in [-0.39, 0.29) is 0 Å². The van der Waals surface area contributed by atoms with Crippen molar-refractivity contribution >= 4 is 0 Å². The Labute approximate surface area is 180 Å². The Morgan fingerprint density at radius 2 is 1.17 bits per heavy atom. The highest BCUT2D eigenvalue weighted by Gasteiger charge is 2.37.